The van der Waals surface area contributed by atoms with E-state index in [0.29, 0.717) is 0 Å². The van der Waals surface area contributed by atoms with Crippen molar-refractivity contribution in [2.24, 2.45) is 11.8 Å². The molecular weight excluding hydrogens is 188 g/mol. The van der Waals surface area contributed by atoms with Gasteiger partial charge in [-0.3, -0.25) is 4.79 Å². The first-order valence-corrected chi connectivity index (χ1v) is 4.84. The zero-order valence-electron chi connectivity index (χ0n) is 9.40. The predicted molar refractivity (Wildman–Crippen MR) is 52.2 cm³/mol. The molecule has 0 heterocycles. The summed E-state index contributed by atoms with van der Waals surface area (Å²) in [6, 6.07) is -0.0766. The predicted octanol–water partition coefficient (Wildman–Crippen LogP) is 2.44. The van der Waals surface area contributed by atoms with E-state index in [9.17, 15) is 13.6 Å². The van der Waals surface area contributed by atoms with Gasteiger partial charge in [0, 0.05) is 13.0 Å². The van der Waals surface area contributed by atoms with E-state index in [0.717, 1.165) is 6.92 Å². The van der Waals surface area contributed by atoms with Gasteiger partial charge in [0.25, 0.3) is 5.92 Å². The van der Waals surface area contributed by atoms with Crippen LogP contribution in [-0.4, -0.2) is 17.9 Å². The van der Waals surface area contributed by atoms with Crippen molar-refractivity contribution >= 4 is 5.91 Å². The van der Waals surface area contributed by atoms with Crippen LogP contribution in [0.3, 0.4) is 0 Å². The third-order valence-electron chi connectivity index (χ3n) is 2.52. The van der Waals surface area contributed by atoms with E-state index in [4.69, 9.17) is 0 Å². The van der Waals surface area contributed by atoms with Crippen LogP contribution in [-0.2, 0) is 4.79 Å². The zero-order valence-corrected chi connectivity index (χ0v) is 9.40. The highest BCUT2D eigenvalue weighted by Gasteiger charge is 2.36. The number of hydrogen-bond acceptors (Lipinski definition) is 1. The van der Waals surface area contributed by atoms with Crippen LogP contribution in [0.5, 0.6) is 0 Å². The fraction of sp³-hybridized carbons (Fsp3) is 0.900. The number of rotatable bonds is 4. The van der Waals surface area contributed by atoms with Gasteiger partial charge in [-0.05, 0) is 19.8 Å². The van der Waals surface area contributed by atoms with Gasteiger partial charge in [-0.25, -0.2) is 8.78 Å². The average molecular weight is 207 g/mol. The molecule has 1 unspecified atom stereocenters. The molecule has 0 saturated carbocycles. The van der Waals surface area contributed by atoms with E-state index < -0.39 is 17.7 Å². The molecule has 84 valence electrons. The molecule has 0 saturated heterocycles. The largest absolute Gasteiger partial charge is 0.353 e. The fourth-order valence-electron chi connectivity index (χ4n) is 0.746. The van der Waals surface area contributed by atoms with Gasteiger partial charge in [0.1, 0.15) is 0 Å². The number of hydrogen-bond donors (Lipinski definition) is 1. The molecule has 0 aromatic rings. The van der Waals surface area contributed by atoms with Gasteiger partial charge in [-0.1, -0.05) is 13.8 Å². The van der Waals surface area contributed by atoms with Crippen LogP contribution in [0.15, 0.2) is 0 Å². The molecule has 2 atom stereocenters. The Kier molecular flexibility index (Phi) is 4.49. The van der Waals surface area contributed by atoms with Gasteiger partial charge in [-0.2, -0.15) is 0 Å². The van der Waals surface area contributed by atoms with E-state index in [1.807, 2.05) is 20.8 Å². The Morgan fingerprint density at radius 1 is 1.21 bits per heavy atom. The molecular formula is C10H19F2NO. The van der Waals surface area contributed by atoms with Crippen LogP contribution in [0.4, 0.5) is 8.78 Å². The van der Waals surface area contributed by atoms with Gasteiger partial charge in [0.15, 0.2) is 0 Å². The monoisotopic (exact) mass is 207 g/mol. The summed E-state index contributed by atoms with van der Waals surface area (Å²) in [6.45, 7) is 7.67. The lowest BCUT2D eigenvalue weighted by atomic mass is 10.0. The van der Waals surface area contributed by atoms with E-state index >= 15 is 0 Å². The van der Waals surface area contributed by atoms with Gasteiger partial charge in [-0.15, -0.1) is 0 Å². The minimum Gasteiger partial charge on any atom is -0.353 e. The molecule has 1 amide bonds. The SMILES string of the molecule is CC(C)[C@@H](C)NC(=O)C(C)C(C)(F)F. The third kappa shape index (κ3) is 4.03. The van der Waals surface area contributed by atoms with Crippen LogP contribution in [0.2, 0.25) is 0 Å². The lowest BCUT2D eigenvalue weighted by Gasteiger charge is -2.23. The van der Waals surface area contributed by atoms with Crippen molar-refractivity contribution in [3.05, 3.63) is 0 Å². The summed E-state index contributed by atoms with van der Waals surface area (Å²) in [5, 5.41) is 2.57. The van der Waals surface area contributed by atoms with E-state index in [-0.39, 0.29) is 12.0 Å². The van der Waals surface area contributed by atoms with Crippen LogP contribution in [0.25, 0.3) is 0 Å². The Bertz CT molecular complexity index is 199. The van der Waals surface area contributed by atoms with Crippen molar-refractivity contribution in [3.63, 3.8) is 0 Å². The molecule has 0 aliphatic rings. The van der Waals surface area contributed by atoms with Crippen LogP contribution >= 0.6 is 0 Å². The number of alkyl halides is 2. The second-order valence-corrected chi connectivity index (χ2v) is 4.22. The van der Waals surface area contributed by atoms with Gasteiger partial charge >= 0.3 is 0 Å². The van der Waals surface area contributed by atoms with E-state index in [2.05, 4.69) is 5.32 Å². The summed E-state index contributed by atoms with van der Waals surface area (Å²) < 4.78 is 25.5. The van der Waals surface area contributed by atoms with Crippen molar-refractivity contribution < 1.29 is 13.6 Å². The number of halogens is 2. The lowest BCUT2D eigenvalue weighted by Crippen LogP contribution is -2.43. The number of amides is 1. The lowest BCUT2D eigenvalue weighted by molar-refractivity contribution is -0.136. The number of nitrogens with one attached hydrogen (secondary N) is 1. The smallest absolute Gasteiger partial charge is 0.256 e. The minimum absolute atomic E-state index is 0.0766. The molecule has 0 bridgehead atoms. The quantitative estimate of drug-likeness (QED) is 0.753. The first kappa shape index (κ1) is 13.3. The normalized spacial score (nSPS) is 16.6. The molecule has 0 aromatic heterocycles. The highest BCUT2D eigenvalue weighted by atomic mass is 19.3. The van der Waals surface area contributed by atoms with E-state index in [1.54, 1.807) is 0 Å². The molecule has 0 rings (SSSR count). The maximum Gasteiger partial charge on any atom is 0.256 e. The molecule has 0 radical (unpaired) electrons. The average Bonchev–Trinajstić information content (AvgIpc) is 2.00. The first-order valence-electron chi connectivity index (χ1n) is 4.84. The van der Waals surface area contributed by atoms with Gasteiger partial charge in [0.05, 0.1) is 5.92 Å². The molecule has 0 fully saturated rings. The molecule has 14 heavy (non-hydrogen) atoms. The standard InChI is InChI=1S/C10H19F2NO/c1-6(2)8(4)13-9(14)7(3)10(5,11)12/h6-8H,1-5H3,(H,13,14)/t7?,8-/m1/s1. The van der Waals surface area contributed by atoms with Crippen molar-refractivity contribution in [2.75, 3.05) is 0 Å². The number of carbonyl (C=O) groups excluding carboxylic acids is 1. The Morgan fingerprint density at radius 3 is 1.93 bits per heavy atom. The van der Waals surface area contributed by atoms with Crippen molar-refractivity contribution in [2.45, 2.75) is 46.6 Å². The van der Waals surface area contributed by atoms with Crippen molar-refractivity contribution in [3.8, 4) is 0 Å². The summed E-state index contributed by atoms with van der Waals surface area (Å²) in [4.78, 5) is 11.3. The summed E-state index contributed by atoms with van der Waals surface area (Å²) in [7, 11) is 0. The van der Waals surface area contributed by atoms with Crippen LogP contribution < -0.4 is 5.32 Å². The van der Waals surface area contributed by atoms with Crippen LogP contribution in [0, 0.1) is 11.8 Å². The second kappa shape index (κ2) is 4.71. The van der Waals surface area contributed by atoms with E-state index in [1.165, 1.54) is 6.92 Å². The summed E-state index contributed by atoms with van der Waals surface area (Å²) in [6.07, 6.45) is 0. The summed E-state index contributed by atoms with van der Waals surface area (Å²) >= 11 is 0. The minimum atomic E-state index is -2.96. The molecule has 0 aliphatic heterocycles. The van der Waals surface area contributed by atoms with Crippen molar-refractivity contribution in [1.29, 1.82) is 0 Å². The second-order valence-electron chi connectivity index (χ2n) is 4.22. The zero-order chi connectivity index (χ0) is 11.5. The molecule has 0 spiro atoms. The maximum absolute atomic E-state index is 12.8. The van der Waals surface area contributed by atoms with Gasteiger partial charge in [0.2, 0.25) is 5.91 Å². The summed E-state index contributed by atoms with van der Waals surface area (Å²) in [5.41, 5.74) is 0. The molecule has 2 nitrogen and oxygen atoms in total. The molecule has 4 heteroatoms. The highest BCUT2D eigenvalue weighted by Crippen LogP contribution is 2.23. The Labute approximate surface area is 84.1 Å². The van der Waals surface area contributed by atoms with Crippen LogP contribution in [0.1, 0.15) is 34.6 Å². The Hall–Kier alpha value is -0.670. The highest BCUT2D eigenvalue weighted by molar-refractivity contribution is 5.79. The first-order chi connectivity index (χ1) is 6.16. The van der Waals surface area contributed by atoms with Gasteiger partial charge < -0.3 is 5.32 Å². The fourth-order valence-corrected chi connectivity index (χ4v) is 0.746. The topological polar surface area (TPSA) is 29.1 Å². The molecule has 1 N–H and O–H groups in total. The third-order valence-corrected chi connectivity index (χ3v) is 2.52. The Morgan fingerprint density at radius 2 is 1.64 bits per heavy atom. The molecule has 0 aromatic carbocycles. The maximum atomic E-state index is 12.8. The van der Waals surface area contributed by atoms with Crippen molar-refractivity contribution in [1.82, 2.24) is 5.32 Å². The Balaban J connectivity index is 4.23. The number of carbonyl (C=O) groups is 1. The summed E-state index contributed by atoms with van der Waals surface area (Å²) in [5.74, 6) is -4.57. The molecule has 0 aliphatic carbocycles.